The predicted octanol–water partition coefficient (Wildman–Crippen LogP) is 5.85. The van der Waals surface area contributed by atoms with E-state index < -0.39 is 0 Å². The van der Waals surface area contributed by atoms with Gasteiger partial charge in [0.15, 0.2) is 0 Å². The van der Waals surface area contributed by atoms with Crippen molar-refractivity contribution in [3.8, 4) is 0 Å². The van der Waals surface area contributed by atoms with Crippen molar-refractivity contribution in [1.82, 2.24) is 4.90 Å². The van der Waals surface area contributed by atoms with Gasteiger partial charge < -0.3 is 4.90 Å². The molecule has 106 valence electrons. The first-order valence-corrected chi connectivity index (χ1v) is 8.68. The van der Waals surface area contributed by atoms with Crippen LogP contribution in [0.5, 0.6) is 0 Å². The summed E-state index contributed by atoms with van der Waals surface area (Å²) in [5.74, 6) is -0.0347. The molecule has 0 aliphatic rings. The van der Waals surface area contributed by atoms with E-state index in [9.17, 15) is 4.79 Å². The van der Waals surface area contributed by atoms with E-state index in [1.54, 1.807) is 24.1 Å². The van der Waals surface area contributed by atoms with Crippen LogP contribution >= 0.6 is 66.4 Å². The summed E-state index contributed by atoms with van der Waals surface area (Å²) in [5, 5.41) is 1.00. The van der Waals surface area contributed by atoms with Gasteiger partial charge in [-0.15, -0.1) is 11.3 Å². The summed E-state index contributed by atoms with van der Waals surface area (Å²) in [6.45, 7) is 0.475. The summed E-state index contributed by atoms with van der Waals surface area (Å²) in [6.07, 6.45) is 0. The van der Waals surface area contributed by atoms with Gasteiger partial charge in [-0.05, 0) is 55.6 Å². The van der Waals surface area contributed by atoms with Gasteiger partial charge in [0, 0.05) is 18.1 Å². The second-order valence-corrected chi connectivity index (χ2v) is 8.18. The van der Waals surface area contributed by atoms with Gasteiger partial charge in [-0.1, -0.05) is 29.3 Å². The largest absolute Gasteiger partial charge is 0.337 e. The first kappa shape index (κ1) is 16.3. The van der Waals surface area contributed by atoms with E-state index in [1.807, 2.05) is 12.1 Å². The smallest absolute Gasteiger partial charge is 0.264 e. The number of thiophene rings is 1. The number of benzene rings is 1. The highest BCUT2D eigenvalue weighted by molar-refractivity contribution is 9.13. The molecule has 1 aromatic heterocycles. The van der Waals surface area contributed by atoms with E-state index in [2.05, 4.69) is 31.9 Å². The van der Waals surface area contributed by atoms with Crippen LogP contribution in [0.4, 0.5) is 0 Å². The van der Waals surface area contributed by atoms with Crippen molar-refractivity contribution in [1.29, 1.82) is 0 Å². The molecule has 1 amide bonds. The lowest BCUT2D eigenvalue weighted by molar-refractivity contribution is 0.0790. The van der Waals surface area contributed by atoms with Crippen molar-refractivity contribution in [3.05, 3.63) is 53.0 Å². The lowest BCUT2D eigenvalue weighted by atomic mass is 10.2. The van der Waals surface area contributed by atoms with E-state index in [0.717, 1.165) is 13.8 Å². The molecule has 0 spiro atoms. The Hall–Kier alpha value is -0.0700. The Morgan fingerprint density at radius 3 is 2.50 bits per heavy atom. The number of nitrogens with zero attached hydrogens (tertiary/aromatic N) is 1. The number of halogens is 4. The first-order chi connectivity index (χ1) is 9.38. The van der Waals surface area contributed by atoms with Crippen LogP contribution in [0.15, 0.2) is 32.5 Å². The fraction of sp³-hybridized carbons (Fsp3) is 0.154. The highest BCUT2D eigenvalue weighted by Gasteiger charge is 2.16. The standard InChI is InChI=1S/C13H9Br2Cl2NOS/c1-18(6-7-2-3-9(16)10(17)4-7)13(19)11-5-8(14)12(15)20-11/h2-5H,6H2,1H3. The summed E-state index contributed by atoms with van der Waals surface area (Å²) in [5.41, 5.74) is 0.935. The van der Waals surface area contributed by atoms with Crippen molar-refractivity contribution in [2.45, 2.75) is 6.54 Å². The number of amides is 1. The average molecular weight is 458 g/mol. The maximum absolute atomic E-state index is 12.3. The third kappa shape index (κ3) is 3.77. The molecule has 0 unspecified atom stereocenters. The predicted molar refractivity (Wildman–Crippen MR) is 92.0 cm³/mol. The van der Waals surface area contributed by atoms with Gasteiger partial charge in [0.1, 0.15) is 0 Å². The molecule has 0 saturated carbocycles. The zero-order chi connectivity index (χ0) is 14.9. The van der Waals surface area contributed by atoms with Gasteiger partial charge >= 0.3 is 0 Å². The molecule has 0 aliphatic heterocycles. The Bertz CT molecular complexity index is 640. The molecule has 2 rings (SSSR count). The Kier molecular flexibility index (Phi) is 5.54. The fourth-order valence-electron chi connectivity index (χ4n) is 1.62. The van der Waals surface area contributed by atoms with Crippen LogP contribution in [0, 0.1) is 0 Å². The van der Waals surface area contributed by atoms with Gasteiger partial charge in [0.25, 0.3) is 5.91 Å². The third-order valence-corrected chi connectivity index (χ3v) is 6.59. The maximum atomic E-state index is 12.3. The average Bonchev–Trinajstić information content (AvgIpc) is 2.73. The Balaban J connectivity index is 2.13. The molecule has 1 aromatic carbocycles. The number of hydrogen-bond acceptors (Lipinski definition) is 2. The van der Waals surface area contributed by atoms with Gasteiger partial charge in [-0.3, -0.25) is 4.79 Å². The molecule has 0 N–H and O–H groups in total. The lowest BCUT2D eigenvalue weighted by Gasteiger charge is -2.16. The minimum absolute atomic E-state index is 0.0347. The van der Waals surface area contributed by atoms with E-state index >= 15 is 0 Å². The Labute approximate surface area is 147 Å². The Morgan fingerprint density at radius 2 is 1.95 bits per heavy atom. The van der Waals surface area contributed by atoms with Crippen LogP contribution in [0.2, 0.25) is 10.0 Å². The highest BCUT2D eigenvalue weighted by Crippen LogP contribution is 2.33. The molecule has 0 atom stereocenters. The monoisotopic (exact) mass is 455 g/mol. The molecule has 0 aliphatic carbocycles. The summed E-state index contributed by atoms with van der Waals surface area (Å²) >= 11 is 20.0. The zero-order valence-corrected chi connectivity index (χ0v) is 15.8. The molecule has 2 aromatic rings. The fourth-order valence-corrected chi connectivity index (χ4v) is 3.97. The minimum Gasteiger partial charge on any atom is -0.337 e. The molecule has 0 radical (unpaired) electrons. The molecular formula is C13H9Br2Cl2NOS. The van der Waals surface area contributed by atoms with Crippen LogP contribution in [0.25, 0.3) is 0 Å². The topological polar surface area (TPSA) is 20.3 Å². The van der Waals surface area contributed by atoms with Crippen molar-refractivity contribution < 1.29 is 4.79 Å². The van der Waals surface area contributed by atoms with E-state index in [0.29, 0.717) is 21.5 Å². The maximum Gasteiger partial charge on any atom is 0.264 e. The van der Waals surface area contributed by atoms with Crippen molar-refractivity contribution in [2.75, 3.05) is 7.05 Å². The third-order valence-electron chi connectivity index (χ3n) is 2.61. The van der Waals surface area contributed by atoms with Gasteiger partial charge in [-0.25, -0.2) is 0 Å². The van der Waals surface area contributed by atoms with Crippen LogP contribution < -0.4 is 0 Å². The van der Waals surface area contributed by atoms with Crippen molar-refractivity contribution >= 4 is 72.3 Å². The minimum atomic E-state index is -0.0347. The number of carbonyl (C=O) groups excluding carboxylic acids is 1. The second kappa shape index (κ2) is 6.79. The van der Waals surface area contributed by atoms with E-state index in [4.69, 9.17) is 23.2 Å². The van der Waals surface area contributed by atoms with Crippen molar-refractivity contribution in [2.24, 2.45) is 0 Å². The van der Waals surface area contributed by atoms with Crippen molar-refractivity contribution in [3.63, 3.8) is 0 Å². The summed E-state index contributed by atoms with van der Waals surface area (Å²) < 4.78 is 1.79. The molecule has 7 heteroatoms. The normalized spacial score (nSPS) is 10.7. The summed E-state index contributed by atoms with van der Waals surface area (Å²) in [4.78, 5) is 14.6. The molecular weight excluding hydrogens is 449 g/mol. The number of rotatable bonds is 3. The summed E-state index contributed by atoms with van der Waals surface area (Å²) in [7, 11) is 1.76. The number of hydrogen-bond donors (Lipinski definition) is 0. The van der Waals surface area contributed by atoms with Crippen LogP contribution in [-0.4, -0.2) is 17.9 Å². The lowest BCUT2D eigenvalue weighted by Crippen LogP contribution is -2.25. The molecule has 0 saturated heterocycles. The number of carbonyl (C=O) groups is 1. The SMILES string of the molecule is CN(Cc1ccc(Cl)c(Cl)c1)C(=O)c1cc(Br)c(Br)s1. The molecule has 2 nitrogen and oxygen atoms in total. The second-order valence-electron chi connectivity index (χ2n) is 4.14. The van der Waals surface area contributed by atoms with E-state index in [-0.39, 0.29) is 5.91 Å². The van der Waals surface area contributed by atoms with Gasteiger partial charge in [0.2, 0.25) is 0 Å². The highest BCUT2D eigenvalue weighted by atomic mass is 79.9. The zero-order valence-electron chi connectivity index (χ0n) is 10.3. The van der Waals surface area contributed by atoms with E-state index in [1.165, 1.54) is 11.3 Å². The molecule has 0 bridgehead atoms. The quantitative estimate of drug-likeness (QED) is 0.566. The molecule has 20 heavy (non-hydrogen) atoms. The van der Waals surface area contributed by atoms with Crippen LogP contribution in [-0.2, 0) is 6.54 Å². The van der Waals surface area contributed by atoms with Crippen LogP contribution in [0.3, 0.4) is 0 Å². The Morgan fingerprint density at radius 1 is 1.25 bits per heavy atom. The van der Waals surface area contributed by atoms with Crippen LogP contribution in [0.1, 0.15) is 15.2 Å². The molecule has 0 fully saturated rings. The van der Waals surface area contributed by atoms with Gasteiger partial charge in [-0.2, -0.15) is 0 Å². The summed E-state index contributed by atoms with van der Waals surface area (Å²) in [6, 6.07) is 7.17. The van der Waals surface area contributed by atoms with Gasteiger partial charge in [0.05, 0.1) is 18.7 Å². The molecule has 1 heterocycles. The first-order valence-electron chi connectivity index (χ1n) is 5.52.